The molecule has 2 heterocycles. The van der Waals surface area contributed by atoms with Crippen molar-refractivity contribution in [1.29, 1.82) is 0 Å². The molecule has 3 rings (SSSR count). The molecule has 7 nitrogen and oxygen atoms in total. The van der Waals surface area contributed by atoms with Crippen LogP contribution in [-0.4, -0.2) is 32.9 Å². The molecule has 23 heavy (non-hydrogen) atoms. The Morgan fingerprint density at radius 3 is 2.96 bits per heavy atom. The third kappa shape index (κ3) is 3.45. The van der Waals surface area contributed by atoms with Crippen LogP contribution in [0.2, 0.25) is 0 Å². The number of aromatic nitrogens is 3. The van der Waals surface area contributed by atoms with Crippen LogP contribution in [0.4, 0.5) is 10.5 Å². The third-order valence-electron chi connectivity index (χ3n) is 3.35. The molecule has 0 fully saturated rings. The zero-order valence-electron chi connectivity index (χ0n) is 13.0. The lowest BCUT2D eigenvalue weighted by molar-refractivity contribution is 0.220. The number of nitrogens with one attached hydrogen (secondary N) is 1. The molecule has 0 aliphatic rings. The summed E-state index contributed by atoms with van der Waals surface area (Å²) in [7, 11) is 1.70. The Balaban J connectivity index is 1.69. The smallest absolute Gasteiger partial charge is 0.321 e. The Bertz CT molecular complexity index is 816. The first-order valence-corrected chi connectivity index (χ1v) is 7.32. The van der Waals surface area contributed by atoms with Crippen molar-refractivity contribution in [2.45, 2.75) is 19.9 Å². The zero-order chi connectivity index (χ0) is 16.2. The van der Waals surface area contributed by atoms with Crippen molar-refractivity contribution < 1.29 is 9.21 Å². The van der Waals surface area contributed by atoms with Gasteiger partial charge in [0.25, 0.3) is 0 Å². The predicted molar refractivity (Wildman–Crippen MR) is 85.9 cm³/mol. The molecule has 0 saturated carbocycles. The van der Waals surface area contributed by atoms with Crippen molar-refractivity contribution >= 4 is 22.8 Å². The molecule has 0 saturated heterocycles. The number of hydrogen-bond donors (Lipinski definition) is 1. The lowest BCUT2D eigenvalue weighted by Gasteiger charge is -2.17. The number of carbonyl (C=O) groups excluding carboxylic acids is 1. The van der Waals surface area contributed by atoms with Crippen LogP contribution < -0.4 is 5.32 Å². The van der Waals surface area contributed by atoms with E-state index in [2.05, 4.69) is 20.3 Å². The van der Waals surface area contributed by atoms with Crippen molar-refractivity contribution in [3.8, 4) is 0 Å². The van der Waals surface area contributed by atoms with Crippen LogP contribution in [0, 0.1) is 0 Å². The van der Waals surface area contributed by atoms with Gasteiger partial charge >= 0.3 is 6.03 Å². The van der Waals surface area contributed by atoms with Gasteiger partial charge in [-0.15, -0.1) is 0 Å². The summed E-state index contributed by atoms with van der Waals surface area (Å²) in [5.74, 6) is 0.684. The second-order valence-electron chi connectivity index (χ2n) is 5.13. The second kappa shape index (κ2) is 6.43. The lowest BCUT2D eigenvalue weighted by atomic mass is 10.3. The molecule has 2 aromatic heterocycles. The fraction of sp³-hybridized carbons (Fsp3) is 0.250. The molecular weight excluding hydrogens is 294 g/mol. The number of nitrogens with zero attached hydrogens (tertiary/aromatic N) is 4. The number of hydrogen-bond acceptors (Lipinski definition) is 5. The summed E-state index contributed by atoms with van der Waals surface area (Å²) in [4.78, 5) is 26.3. The summed E-state index contributed by atoms with van der Waals surface area (Å²) in [6.45, 7) is 2.36. The minimum Gasteiger partial charge on any atom is -0.441 e. The first-order valence-electron chi connectivity index (χ1n) is 7.32. The molecule has 0 atom stereocenters. The van der Waals surface area contributed by atoms with E-state index in [0.29, 0.717) is 23.7 Å². The maximum absolute atomic E-state index is 12.2. The maximum Gasteiger partial charge on any atom is 0.321 e. The fourth-order valence-corrected chi connectivity index (χ4v) is 2.15. The highest BCUT2D eigenvalue weighted by atomic mass is 16.3. The average molecular weight is 311 g/mol. The van der Waals surface area contributed by atoms with Gasteiger partial charge in [-0.05, 0) is 18.2 Å². The molecule has 0 aliphatic carbocycles. The summed E-state index contributed by atoms with van der Waals surface area (Å²) in [6.07, 6.45) is 5.57. The van der Waals surface area contributed by atoms with E-state index in [1.165, 1.54) is 4.90 Å². The largest absolute Gasteiger partial charge is 0.441 e. The first-order chi connectivity index (χ1) is 11.2. The van der Waals surface area contributed by atoms with Gasteiger partial charge in [0.05, 0.1) is 18.4 Å². The Kier molecular flexibility index (Phi) is 4.18. The van der Waals surface area contributed by atoms with Gasteiger partial charge in [0.15, 0.2) is 11.5 Å². The van der Waals surface area contributed by atoms with Crippen molar-refractivity contribution in [3.05, 3.63) is 48.4 Å². The topological polar surface area (TPSA) is 84.2 Å². The van der Waals surface area contributed by atoms with Gasteiger partial charge < -0.3 is 14.6 Å². The van der Waals surface area contributed by atoms with Gasteiger partial charge in [-0.3, -0.25) is 9.97 Å². The van der Waals surface area contributed by atoms with Crippen LogP contribution in [0.5, 0.6) is 0 Å². The van der Waals surface area contributed by atoms with E-state index in [1.807, 2.05) is 6.92 Å². The Morgan fingerprint density at radius 1 is 1.35 bits per heavy atom. The van der Waals surface area contributed by atoms with E-state index in [9.17, 15) is 4.79 Å². The molecule has 0 bridgehead atoms. The van der Waals surface area contributed by atoms with E-state index in [4.69, 9.17) is 4.42 Å². The third-order valence-corrected chi connectivity index (χ3v) is 3.35. The number of fused-ring (bicyclic) bond motifs is 1. The number of carbonyl (C=O) groups is 1. The second-order valence-corrected chi connectivity index (χ2v) is 5.13. The lowest BCUT2D eigenvalue weighted by Crippen LogP contribution is -2.31. The quantitative estimate of drug-likeness (QED) is 0.801. The standard InChI is InChI=1S/C16H17N5O2/c1-3-15-20-13-8-11(4-5-14(13)23-15)19-16(22)21(2)10-12-9-17-6-7-18-12/h4-9H,3,10H2,1-2H3,(H,19,22). The highest BCUT2D eigenvalue weighted by Crippen LogP contribution is 2.20. The summed E-state index contributed by atoms with van der Waals surface area (Å²) in [5, 5.41) is 2.84. The van der Waals surface area contributed by atoms with Crippen LogP contribution in [-0.2, 0) is 13.0 Å². The maximum atomic E-state index is 12.2. The molecule has 7 heteroatoms. The SMILES string of the molecule is CCc1nc2cc(NC(=O)N(C)Cc3cnccn3)ccc2o1. The molecule has 0 radical (unpaired) electrons. The molecule has 2 amide bonds. The zero-order valence-corrected chi connectivity index (χ0v) is 13.0. The molecule has 118 valence electrons. The highest BCUT2D eigenvalue weighted by Gasteiger charge is 2.11. The minimum atomic E-state index is -0.228. The number of benzene rings is 1. The minimum absolute atomic E-state index is 0.228. The van der Waals surface area contributed by atoms with E-state index in [-0.39, 0.29) is 6.03 Å². The summed E-state index contributed by atoms with van der Waals surface area (Å²) in [5.41, 5.74) is 2.85. The summed E-state index contributed by atoms with van der Waals surface area (Å²) >= 11 is 0. The van der Waals surface area contributed by atoms with Crippen molar-refractivity contribution in [1.82, 2.24) is 19.9 Å². The Morgan fingerprint density at radius 2 is 2.22 bits per heavy atom. The van der Waals surface area contributed by atoms with Crippen LogP contribution in [0.3, 0.4) is 0 Å². The van der Waals surface area contributed by atoms with Crippen molar-refractivity contribution in [2.24, 2.45) is 0 Å². The number of amides is 2. The molecule has 3 aromatic rings. The first kappa shape index (κ1) is 15.0. The molecule has 0 unspecified atom stereocenters. The monoisotopic (exact) mass is 311 g/mol. The van der Waals surface area contributed by atoms with Crippen molar-refractivity contribution in [2.75, 3.05) is 12.4 Å². The van der Waals surface area contributed by atoms with Crippen molar-refractivity contribution in [3.63, 3.8) is 0 Å². The Labute approximate surface area is 133 Å². The van der Waals surface area contributed by atoms with Gasteiger partial charge in [-0.1, -0.05) is 6.92 Å². The normalized spacial score (nSPS) is 10.7. The van der Waals surface area contributed by atoms with E-state index in [1.54, 1.807) is 43.8 Å². The van der Waals surface area contributed by atoms with E-state index in [0.717, 1.165) is 17.6 Å². The van der Waals surface area contributed by atoms with Gasteiger partial charge in [0.1, 0.15) is 5.52 Å². The van der Waals surface area contributed by atoms with Gasteiger partial charge in [-0.2, -0.15) is 0 Å². The van der Waals surface area contributed by atoms with Gasteiger partial charge in [0.2, 0.25) is 0 Å². The molecule has 1 N–H and O–H groups in total. The summed E-state index contributed by atoms with van der Waals surface area (Å²) < 4.78 is 5.55. The molecule has 0 spiro atoms. The molecule has 1 aromatic carbocycles. The van der Waals surface area contributed by atoms with Crippen LogP contribution in [0.15, 0.2) is 41.2 Å². The fourth-order valence-electron chi connectivity index (χ4n) is 2.15. The van der Waals surface area contributed by atoms with Crippen LogP contribution >= 0.6 is 0 Å². The van der Waals surface area contributed by atoms with Crippen LogP contribution in [0.25, 0.3) is 11.1 Å². The highest BCUT2D eigenvalue weighted by molar-refractivity contribution is 5.91. The molecule has 0 aliphatic heterocycles. The number of rotatable bonds is 4. The number of anilines is 1. The van der Waals surface area contributed by atoms with E-state index >= 15 is 0 Å². The Hall–Kier alpha value is -2.96. The predicted octanol–water partition coefficient (Wildman–Crippen LogP) is 2.84. The number of oxazole rings is 1. The van der Waals surface area contributed by atoms with Crippen LogP contribution in [0.1, 0.15) is 18.5 Å². The average Bonchev–Trinajstić information content (AvgIpc) is 2.98. The number of aryl methyl sites for hydroxylation is 1. The van der Waals surface area contributed by atoms with Gasteiger partial charge in [0, 0.05) is 31.5 Å². The molecular formula is C16H17N5O2. The summed E-state index contributed by atoms with van der Waals surface area (Å²) in [6, 6.07) is 5.17. The van der Waals surface area contributed by atoms with Gasteiger partial charge in [-0.25, -0.2) is 9.78 Å². The van der Waals surface area contributed by atoms with E-state index < -0.39 is 0 Å². The number of urea groups is 1.